The average molecular weight is 351 g/mol. The third kappa shape index (κ3) is 3.08. The van der Waals surface area contributed by atoms with E-state index >= 15 is 0 Å². The van der Waals surface area contributed by atoms with E-state index in [2.05, 4.69) is 0 Å². The highest BCUT2D eigenvalue weighted by Gasteiger charge is 2.29. The second-order valence-electron chi connectivity index (χ2n) is 6.33. The number of fused-ring (bicyclic) bond motifs is 1. The number of benzene rings is 2. The molecule has 0 spiro atoms. The highest BCUT2D eigenvalue weighted by Crippen LogP contribution is 2.35. The molecular weight excluding hydrogens is 330 g/mol. The first-order valence-corrected chi connectivity index (χ1v) is 8.38. The van der Waals surface area contributed by atoms with Crippen molar-refractivity contribution in [3.8, 4) is 5.75 Å². The molecule has 0 fully saturated rings. The lowest BCUT2D eigenvalue weighted by Crippen LogP contribution is -2.17. The number of aryl methyl sites for hydroxylation is 1. The Kier molecular flexibility index (Phi) is 4.80. The molecule has 26 heavy (non-hydrogen) atoms. The molecule has 2 aromatic carbocycles. The molecule has 1 aromatic heterocycles. The highest BCUT2D eigenvalue weighted by atomic mass is 16.5. The fraction of sp³-hybridized carbons (Fsp3) is 0.238. The van der Waals surface area contributed by atoms with Crippen LogP contribution in [0.1, 0.15) is 34.0 Å². The standard InChI is InChI=1S/C21H21NO4/c1-13-20(16-11-15(26-3)9-10-18(16)22(13)2)17(21(24)25)12-19(23)14-7-5-4-6-8-14/h4-11,17H,12H2,1-3H3,(H,24,25). The Labute approximate surface area is 151 Å². The molecule has 0 aliphatic heterocycles. The summed E-state index contributed by atoms with van der Waals surface area (Å²) in [7, 11) is 3.47. The molecule has 1 unspecified atom stereocenters. The van der Waals surface area contributed by atoms with Crippen LogP contribution in [0.4, 0.5) is 0 Å². The first kappa shape index (κ1) is 17.7. The highest BCUT2D eigenvalue weighted by molar-refractivity contribution is 6.01. The van der Waals surface area contributed by atoms with Crippen molar-refractivity contribution in [3.05, 3.63) is 65.4 Å². The van der Waals surface area contributed by atoms with E-state index in [1.807, 2.05) is 42.8 Å². The van der Waals surface area contributed by atoms with E-state index in [1.165, 1.54) is 0 Å². The maximum absolute atomic E-state index is 12.6. The molecular formula is C21H21NO4. The zero-order valence-electron chi connectivity index (χ0n) is 15.0. The summed E-state index contributed by atoms with van der Waals surface area (Å²) in [6.07, 6.45) is -0.0868. The number of hydrogen-bond donors (Lipinski definition) is 1. The van der Waals surface area contributed by atoms with E-state index in [9.17, 15) is 14.7 Å². The number of aromatic nitrogens is 1. The molecule has 0 bridgehead atoms. The molecule has 3 aromatic rings. The third-order valence-electron chi connectivity index (χ3n) is 4.88. The quantitative estimate of drug-likeness (QED) is 0.683. The number of carboxylic acids is 1. The molecule has 5 heteroatoms. The first-order chi connectivity index (χ1) is 12.4. The fourth-order valence-corrected chi connectivity index (χ4v) is 3.39. The van der Waals surface area contributed by atoms with Gasteiger partial charge in [0.1, 0.15) is 5.75 Å². The molecule has 0 aliphatic carbocycles. The van der Waals surface area contributed by atoms with Crippen molar-refractivity contribution in [2.45, 2.75) is 19.3 Å². The minimum atomic E-state index is -1.01. The van der Waals surface area contributed by atoms with Crippen LogP contribution in [0.5, 0.6) is 5.75 Å². The number of Topliss-reactive ketones (excluding diaryl/α,β-unsaturated/α-hetero) is 1. The number of hydrogen-bond acceptors (Lipinski definition) is 3. The Balaban J connectivity index is 2.10. The van der Waals surface area contributed by atoms with Crippen LogP contribution in [-0.4, -0.2) is 28.5 Å². The Morgan fingerprint density at radius 2 is 1.85 bits per heavy atom. The summed E-state index contributed by atoms with van der Waals surface area (Å²) in [6.45, 7) is 1.88. The van der Waals surface area contributed by atoms with Gasteiger partial charge in [-0.25, -0.2) is 0 Å². The van der Waals surface area contributed by atoms with Crippen LogP contribution in [-0.2, 0) is 11.8 Å². The van der Waals surface area contributed by atoms with Gasteiger partial charge in [0, 0.05) is 35.6 Å². The fourth-order valence-electron chi connectivity index (χ4n) is 3.39. The number of rotatable bonds is 6. The SMILES string of the molecule is COc1ccc2c(c1)c(C(CC(=O)c1ccccc1)C(=O)O)c(C)n2C. The average Bonchev–Trinajstić information content (AvgIpc) is 2.90. The summed E-state index contributed by atoms with van der Waals surface area (Å²) in [5.74, 6) is -1.45. The van der Waals surface area contributed by atoms with Gasteiger partial charge in [0.2, 0.25) is 0 Å². The molecule has 0 aliphatic rings. The van der Waals surface area contributed by atoms with Crippen molar-refractivity contribution in [1.29, 1.82) is 0 Å². The number of ketones is 1. The van der Waals surface area contributed by atoms with Crippen LogP contribution in [0.25, 0.3) is 10.9 Å². The van der Waals surface area contributed by atoms with Gasteiger partial charge < -0.3 is 14.4 Å². The Morgan fingerprint density at radius 3 is 2.46 bits per heavy atom. The molecule has 1 heterocycles. The van der Waals surface area contributed by atoms with Crippen molar-refractivity contribution in [3.63, 3.8) is 0 Å². The monoisotopic (exact) mass is 351 g/mol. The van der Waals surface area contributed by atoms with Crippen molar-refractivity contribution >= 4 is 22.7 Å². The predicted molar refractivity (Wildman–Crippen MR) is 100.0 cm³/mol. The third-order valence-corrected chi connectivity index (χ3v) is 4.88. The predicted octanol–water partition coefficient (Wildman–Crippen LogP) is 3.94. The Morgan fingerprint density at radius 1 is 1.15 bits per heavy atom. The topological polar surface area (TPSA) is 68.5 Å². The van der Waals surface area contributed by atoms with Crippen molar-refractivity contribution in [2.75, 3.05) is 7.11 Å². The Hall–Kier alpha value is -3.08. The van der Waals surface area contributed by atoms with Gasteiger partial charge in [0.15, 0.2) is 5.78 Å². The van der Waals surface area contributed by atoms with Gasteiger partial charge in [-0.15, -0.1) is 0 Å². The number of carboxylic acid groups (broad SMARTS) is 1. The maximum atomic E-state index is 12.6. The number of aliphatic carboxylic acids is 1. The van der Waals surface area contributed by atoms with Gasteiger partial charge in [-0.1, -0.05) is 30.3 Å². The summed E-state index contributed by atoms with van der Waals surface area (Å²) in [5, 5.41) is 10.7. The largest absolute Gasteiger partial charge is 0.497 e. The summed E-state index contributed by atoms with van der Waals surface area (Å²) >= 11 is 0. The molecule has 3 rings (SSSR count). The lowest BCUT2D eigenvalue weighted by Gasteiger charge is -2.13. The van der Waals surface area contributed by atoms with E-state index in [0.29, 0.717) is 16.9 Å². The number of carbonyl (C=O) groups is 2. The van der Waals surface area contributed by atoms with Crippen molar-refractivity contribution in [2.24, 2.45) is 7.05 Å². The van der Waals surface area contributed by atoms with Crippen LogP contribution < -0.4 is 4.74 Å². The van der Waals surface area contributed by atoms with E-state index in [-0.39, 0.29) is 12.2 Å². The number of methoxy groups -OCH3 is 1. The van der Waals surface area contributed by atoms with Gasteiger partial charge in [-0.2, -0.15) is 0 Å². The normalized spacial score (nSPS) is 12.1. The van der Waals surface area contributed by atoms with Gasteiger partial charge in [-0.3, -0.25) is 9.59 Å². The number of ether oxygens (including phenoxy) is 1. The molecule has 5 nitrogen and oxygen atoms in total. The number of carbonyl (C=O) groups excluding carboxylic acids is 1. The lowest BCUT2D eigenvalue weighted by molar-refractivity contribution is -0.138. The van der Waals surface area contributed by atoms with Crippen LogP contribution >= 0.6 is 0 Å². The molecule has 1 atom stereocenters. The molecule has 1 N–H and O–H groups in total. The van der Waals surface area contributed by atoms with Crippen LogP contribution in [0.3, 0.4) is 0 Å². The zero-order valence-corrected chi connectivity index (χ0v) is 15.0. The minimum absolute atomic E-state index is 0.0868. The van der Waals surface area contributed by atoms with Gasteiger partial charge in [0.25, 0.3) is 0 Å². The molecule has 0 amide bonds. The van der Waals surface area contributed by atoms with E-state index in [0.717, 1.165) is 16.6 Å². The molecule has 134 valence electrons. The second-order valence-corrected chi connectivity index (χ2v) is 6.33. The van der Waals surface area contributed by atoms with Gasteiger partial charge >= 0.3 is 5.97 Å². The van der Waals surface area contributed by atoms with Crippen molar-refractivity contribution < 1.29 is 19.4 Å². The van der Waals surface area contributed by atoms with E-state index in [4.69, 9.17) is 4.74 Å². The summed E-state index contributed by atoms with van der Waals surface area (Å²) in [4.78, 5) is 24.6. The van der Waals surface area contributed by atoms with Crippen LogP contribution in [0.15, 0.2) is 48.5 Å². The molecule has 0 saturated heterocycles. The van der Waals surface area contributed by atoms with Crippen LogP contribution in [0.2, 0.25) is 0 Å². The number of nitrogens with zero attached hydrogens (tertiary/aromatic N) is 1. The molecule has 0 saturated carbocycles. The van der Waals surface area contributed by atoms with E-state index < -0.39 is 11.9 Å². The minimum Gasteiger partial charge on any atom is -0.497 e. The first-order valence-electron chi connectivity index (χ1n) is 8.38. The maximum Gasteiger partial charge on any atom is 0.311 e. The smallest absolute Gasteiger partial charge is 0.311 e. The van der Waals surface area contributed by atoms with Crippen LogP contribution in [0, 0.1) is 6.92 Å². The van der Waals surface area contributed by atoms with E-state index in [1.54, 1.807) is 31.4 Å². The van der Waals surface area contributed by atoms with Gasteiger partial charge in [0.05, 0.1) is 13.0 Å². The molecule has 0 radical (unpaired) electrons. The zero-order chi connectivity index (χ0) is 18.8. The van der Waals surface area contributed by atoms with Crippen molar-refractivity contribution in [1.82, 2.24) is 4.57 Å². The Bertz CT molecular complexity index is 973. The second kappa shape index (κ2) is 7.04. The lowest BCUT2D eigenvalue weighted by atomic mass is 9.89. The van der Waals surface area contributed by atoms with Gasteiger partial charge in [-0.05, 0) is 30.7 Å². The summed E-state index contributed by atoms with van der Waals surface area (Å²) in [5.41, 5.74) is 2.94. The summed E-state index contributed by atoms with van der Waals surface area (Å²) < 4.78 is 7.24. The summed E-state index contributed by atoms with van der Waals surface area (Å²) in [6, 6.07) is 14.4.